The minimum atomic E-state index is -0.205. The molecule has 1 rings (SSSR count). The number of hydrogen-bond donors (Lipinski definition) is 2. The molecule has 0 spiro atoms. The summed E-state index contributed by atoms with van der Waals surface area (Å²) < 4.78 is 18.2. The van der Waals surface area contributed by atoms with Gasteiger partial charge in [-0.05, 0) is 18.1 Å². The molecule has 0 fully saturated rings. The van der Waals surface area contributed by atoms with Crippen LogP contribution in [0.2, 0.25) is 0 Å². The highest BCUT2D eigenvalue weighted by atomic mass is 19.1. The van der Waals surface area contributed by atoms with E-state index >= 15 is 0 Å². The van der Waals surface area contributed by atoms with Gasteiger partial charge in [-0.2, -0.15) is 0 Å². The Kier molecular flexibility index (Phi) is 4.52. The number of methoxy groups -OCH3 is 1. The lowest BCUT2D eigenvalue weighted by Gasteiger charge is -2.14. The molecule has 78 valence electrons. The van der Waals surface area contributed by atoms with E-state index in [4.69, 9.17) is 10.6 Å². The van der Waals surface area contributed by atoms with E-state index in [1.54, 1.807) is 25.3 Å². The highest BCUT2D eigenvalue weighted by molar-refractivity contribution is 5.18. The molecule has 14 heavy (non-hydrogen) atoms. The predicted molar refractivity (Wildman–Crippen MR) is 53.1 cm³/mol. The number of rotatable bonds is 5. The molecular weight excluding hydrogens is 183 g/mol. The first kappa shape index (κ1) is 11.1. The van der Waals surface area contributed by atoms with Gasteiger partial charge >= 0.3 is 0 Å². The molecule has 0 aliphatic heterocycles. The van der Waals surface area contributed by atoms with Crippen LogP contribution in [0.5, 0.6) is 0 Å². The fourth-order valence-electron chi connectivity index (χ4n) is 1.30. The molecule has 0 saturated carbocycles. The van der Waals surface area contributed by atoms with Gasteiger partial charge in [0.25, 0.3) is 0 Å². The second kappa shape index (κ2) is 5.70. The van der Waals surface area contributed by atoms with Gasteiger partial charge in [-0.15, -0.1) is 0 Å². The second-order valence-electron chi connectivity index (χ2n) is 3.11. The fourth-order valence-corrected chi connectivity index (χ4v) is 1.30. The van der Waals surface area contributed by atoms with Crippen molar-refractivity contribution in [2.24, 2.45) is 5.84 Å². The van der Waals surface area contributed by atoms with Gasteiger partial charge in [0.2, 0.25) is 0 Å². The number of benzene rings is 1. The molecule has 0 aromatic heterocycles. The third-order valence-corrected chi connectivity index (χ3v) is 2.03. The second-order valence-corrected chi connectivity index (χ2v) is 3.11. The summed E-state index contributed by atoms with van der Waals surface area (Å²) in [5, 5.41) is 0. The van der Waals surface area contributed by atoms with Crippen LogP contribution in [-0.2, 0) is 11.2 Å². The third kappa shape index (κ3) is 3.06. The van der Waals surface area contributed by atoms with Crippen LogP contribution in [-0.4, -0.2) is 19.8 Å². The zero-order valence-corrected chi connectivity index (χ0v) is 8.16. The van der Waals surface area contributed by atoms with Crippen molar-refractivity contribution in [2.75, 3.05) is 13.7 Å². The molecular formula is C10H15FN2O. The van der Waals surface area contributed by atoms with Gasteiger partial charge in [0.15, 0.2) is 0 Å². The minimum Gasteiger partial charge on any atom is -0.383 e. The van der Waals surface area contributed by atoms with Crippen molar-refractivity contribution in [1.82, 2.24) is 5.43 Å². The maximum absolute atomic E-state index is 13.2. The van der Waals surface area contributed by atoms with Crippen LogP contribution in [0.25, 0.3) is 0 Å². The Hall–Kier alpha value is -0.970. The van der Waals surface area contributed by atoms with Crippen molar-refractivity contribution in [3.63, 3.8) is 0 Å². The molecule has 1 aromatic carbocycles. The first-order valence-corrected chi connectivity index (χ1v) is 4.46. The normalized spacial score (nSPS) is 12.8. The fraction of sp³-hybridized carbons (Fsp3) is 0.400. The van der Waals surface area contributed by atoms with Crippen molar-refractivity contribution in [3.8, 4) is 0 Å². The number of ether oxygens (including phenoxy) is 1. The van der Waals surface area contributed by atoms with Crippen molar-refractivity contribution < 1.29 is 9.13 Å². The van der Waals surface area contributed by atoms with Crippen molar-refractivity contribution in [2.45, 2.75) is 12.5 Å². The van der Waals surface area contributed by atoms with Gasteiger partial charge in [0.1, 0.15) is 5.82 Å². The molecule has 0 aliphatic carbocycles. The lowest BCUT2D eigenvalue weighted by Crippen LogP contribution is -2.40. The number of halogens is 1. The Balaban J connectivity index is 2.62. The SMILES string of the molecule is COCC(Cc1ccccc1F)NN. The van der Waals surface area contributed by atoms with E-state index in [9.17, 15) is 4.39 Å². The number of nitrogens with two attached hydrogens (primary N) is 1. The summed E-state index contributed by atoms with van der Waals surface area (Å²) in [6.45, 7) is 0.463. The predicted octanol–water partition coefficient (Wildman–Crippen LogP) is 0.847. The summed E-state index contributed by atoms with van der Waals surface area (Å²) in [7, 11) is 1.59. The largest absolute Gasteiger partial charge is 0.383 e. The van der Waals surface area contributed by atoms with Gasteiger partial charge in [-0.1, -0.05) is 18.2 Å². The molecule has 1 atom stereocenters. The van der Waals surface area contributed by atoms with Crippen LogP contribution in [0.1, 0.15) is 5.56 Å². The quantitative estimate of drug-likeness (QED) is 0.544. The molecule has 1 unspecified atom stereocenters. The van der Waals surface area contributed by atoms with E-state index < -0.39 is 0 Å². The van der Waals surface area contributed by atoms with Crippen LogP contribution in [0, 0.1) is 5.82 Å². The lowest BCUT2D eigenvalue weighted by molar-refractivity contribution is 0.166. The summed E-state index contributed by atoms with van der Waals surface area (Å²) in [6.07, 6.45) is 0.525. The first-order valence-electron chi connectivity index (χ1n) is 4.46. The van der Waals surface area contributed by atoms with E-state index in [-0.39, 0.29) is 11.9 Å². The topological polar surface area (TPSA) is 47.3 Å². The summed E-state index contributed by atoms with van der Waals surface area (Å²) >= 11 is 0. The Bertz CT molecular complexity index is 281. The molecule has 0 heterocycles. The highest BCUT2D eigenvalue weighted by Crippen LogP contribution is 2.08. The van der Waals surface area contributed by atoms with Crippen LogP contribution >= 0.6 is 0 Å². The van der Waals surface area contributed by atoms with Crippen LogP contribution < -0.4 is 11.3 Å². The Morgan fingerprint density at radius 2 is 2.21 bits per heavy atom. The van der Waals surface area contributed by atoms with Gasteiger partial charge in [-0.25, -0.2) is 4.39 Å². The maximum atomic E-state index is 13.2. The molecule has 3 N–H and O–H groups in total. The van der Waals surface area contributed by atoms with Crippen LogP contribution in [0.4, 0.5) is 4.39 Å². The summed E-state index contributed by atoms with van der Waals surface area (Å²) in [6, 6.07) is 6.60. The molecule has 0 aliphatic rings. The average Bonchev–Trinajstić information content (AvgIpc) is 2.20. The standard InChI is InChI=1S/C10H15FN2O/c1-14-7-9(13-12)6-8-4-2-3-5-10(8)11/h2-5,9,13H,6-7,12H2,1H3. The Morgan fingerprint density at radius 1 is 1.50 bits per heavy atom. The van der Waals surface area contributed by atoms with E-state index in [0.29, 0.717) is 18.6 Å². The van der Waals surface area contributed by atoms with E-state index in [1.807, 2.05) is 0 Å². The zero-order chi connectivity index (χ0) is 10.4. The number of hydrogen-bond acceptors (Lipinski definition) is 3. The number of hydrazine groups is 1. The van der Waals surface area contributed by atoms with Crippen LogP contribution in [0.15, 0.2) is 24.3 Å². The van der Waals surface area contributed by atoms with Crippen molar-refractivity contribution in [1.29, 1.82) is 0 Å². The molecule has 0 bridgehead atoms. The molecule has 1 aromatic rings. The number of nitrogens with one attached hydrogen (secondary N) is 1. The smallest absolute Gasteiger partial charge is 0.126 e. The minimum absolute atomic E-state index is 0.0584. The third-order valence-electron chi connectivity index (χ3n) is 2.03. The molecule has 0 amide bonds. The summed E-state index contributed by atoms with van der Waals surface area (Å²) in [5.74, 6) is 5.10. The van der Waals surface area contributed by atoms with Gasteiger partial charge < -0.3 is 4.74 Å². The summed E-state index contributed by atoms with van der Waals surface area (Å²) in [5.41, 5.74) is 3.23. The molecule has 0 radical (unpaired) electrons. The summed E-state index contributed by atoms with van der Waals surface area (Å²) in [4.78, 5) is 0. The van der Waals surface area contributed by atoms with E-state index in [0.717, 1.165) is 0 Å². The Morgan fingerprint density at radius 3 is 2.79 bits per heavy atom. The van der Waals surface area contributed by atoms with Crippen LogP contribution in [0.3, 0.4) is 0 Å². The van der Waals surface area contributed by atoms with Crippen molar-refractivity contribution in [3.05, 3.63) is 35.6 Å². The van der Waals surface area contributed by atoms with Gasteiger partial charge in [0.05, 0.1) is 6.61 Å². The zero-order valence-electron chi connectivity index (χ0n) is 8.16. The van der Waals surface area contributed by atoms with Gasteiger partial charge in [0, 0.05) is 13.2 Å². The van der Waals surface area contributed by atoms with E-state index in [1.165, 1.54) is 6.07 Å². The monoisotopic (exact) mass is 198 g/mol. The van der Waals surface area contributed by atoms with Crippen molar-refractivity contribution >= 4 is 0 Å². The average molecular weight is 198 g/mol. The lowest BCUT2D eigenvalue weighted by atomic mass is 10.1. The van der Waals surface area contributed by atoms with Gasteiger partial charge in [-0.3, -0.25) is 11.3 Å². The molecule has 0 saturated heterocycles. The first-order chi connectivity index (χ1) is 6.77. The van der Waals surface area contributed by atoms with E-state index in [2.05, 4.69) is 5.43 Å². The maximum Gasteiger partial charge on any atom is 0.126 e. The molecule has 4 heteroatoms. The molecule has 3 nitrogen and oxygen atoms in total. The highest BCUT2D eigenvalue weighted by Gasteiger charge is 2.09. The Labute approximate surface area is 83.0 Å².